The van der Waals surface area contributed by atoms with Gasteiger partial charge in [-0.15, -0.1) is 0 Å². The number of carbonyl (C=O) groups is 1. The first-order valence-electron chi connectivity index (χ1n) is 5.15. The van der Waals surface area contributed by atoms with Crippen molar-refractivity contribution in [2.45, 2.75) is 38.4 Å². The molecule has 1 heterocycles. The van der Waals surface area contributed by atoms with Crippen molar-refractivity contribution in [2.24, 2.45) is 5.41 Å². The minimum absolute atomic E-state index is 0.00122. The summed E-state index contributed by atoms with van der Waals surface area (Å²) < 4.78 is 13.0. The van der Waals surface area contributed by atoms with Crippen LogP contribution in [-0.2, 0) is 4.79 Å². The normalized spacial score (nSPS) is 41.5. The summed E-state index contributed by atoms with van der Waals surface area (Å²) in [7, 11) is 0. The van der Waals surface area contributed by atoms with Crippen LogP contribution in [0.5, 0.6) is 0 Å². The van der Waals surface area contributed by atoms with Crippen LogP contribution in [0.4, 0.5) is 4.39 Å². The first-order chi connectivity index (χ1) is 6.59. The van der Waals surface area contributed by atoms with E-state index in [0.29, 0.717) is 13.0 Å². The third kappa shape index (κ3) is 1.32. The molecule has 3 nitrogen and oxygen atoms in total. The van der Waals surface area contributed by atoms with Gasteiger partial charge in [0.15, 0.2) is 0 Å². The molecule has 4 heteroatoms. The molecule has 1 N–H and O–H groups in total. The van der Waals surface area contributed by atoms with E-state index in [-0.39, 0.29) is 18.6 Å². The quantitative estimate of drug-likeness (QED) is 0.715. The summed E-state index contributed by atoms with van der Waals surface area (Å²) in [6.45, 7) is 2.35. The standard InChI is InChI=1S/C10H16FNO2/c1-10(5-8(10)11)9(14)12-4-2-3-7(12)6-13/h7-8,13H,2-6H2,1H3/t7-,8?,10?/m1/s1. The van der Waals surface area contributed by atoms with Gasteiger partial charge in [0.1, 0.15) is 6.17 Å². The molecule has 1 saturated heterocycles. The molecule has 2 fully saturated rings. The topological polar surface area (TPSA) is 40.5 Å². The van der Waals surface area contributed by atoms with E-state index in [1.807, 2.05) is 0 Å². The SMILES string of the molecule is CC1(C(=O)N2CCC[C@@H]2CO)CC1F. The van der Waals surface area contributed by atoms with Gasteiger partial charge in [-0.05, 0) is 26.2 Å². The Balaban J connectivity index is 2.04. The van der Waals surface area contributed by atoms with Crippen LogP contribution in [0.3, 0.4) is 0 Å². The third-order valence-electron chi connectivity index (χ3n) is 3.47. The zero-order valence-electron chi connectivity index (χ0n) is 8.37. The summed E-state index contributed by atoms with van der Waals surface area (Å²) in [5.74, 6) is -0.110. The van der Waals surface area contributed by atoms with Crippen molar-refractivity contribution < 1.29 is 14.3 Å². The average molecular weight is 201 g/mol. The van der Waals surface area contributed by atoms with E-state index >= 15 is 0 Å². The molecule has 0 aromatic carbocycles. The maximum atomic E-state index is 13.0. The van der Waals surface area contributed by atoms with Gasteiger partial charge < -0.3 is 10.0 Å². The summed E-state index contributed by atoms with van der Waals surface area (Å²) in [4.78, 5) is 13.5. The Morgan fingerprint density at radius 2 is 2.36 bits per heavy atom. The minimum Gasteiger partial charge on any atom is -0.394 e. The highest BCUT2D eigenvalue weighted by Gasteiger charge is 2.59. The number of nitrogens with zero attached hydrogens (tertiary/aromatic N) is 1. The van der Waals surface area contributed by atoms with E-state index in [0.717, 1.165) is 12.8 Å². The second kappa shape index (κ2) is 3.19. The second-order valence-electron chi connectivity index (χ2n) is 4.57. The number of rotatable bonds is 2. The molecule has 3 atom stereocenters. The van der Waals surface area contributed by atoms with Crippen molar-refractivity contribution in [3.05, 3.63) is 0 Å². The van der Waals surface area contributed by atoms with Gasteiger partial charge in [-0.2, -0.15) is 0 Å². The van der Waals surface area contributed by atoms with Crippen molar-refractivity contribution >= 4 is 5.91 Å². The molecular weight excluding hydrogens is 185 g/mol. The van der Waals surface area contributed by atoms with Crippen LogP contribution in [0.15, 0.2) is 0 Å². The van der Waals surface area contributed by atoms with Crippen LogP contribution in [-0.4, -0.2) is 41.3 Å². The molecule has 2 aliphatic rings. The number of carbonyl (C=O) groups excluding carboxylic acids is 1. The summed E-state index contributed by atoms with van der Waals surface area (Å²) in [6.07, 6.45) is 1.13. The van der Waals surface area contributed by atoms with E-state index < -0.39 is 11.6 Å². The molecule has 1 amide bonds. The summed E-state index contributed by atoms with van der Waals surface area (Å²) in [5.41, 5.74) is -0.780. The number of likely N-dealkylation sites (tertiary alicyclic amines) is 1. The van der Waals surface area contributed by atoms with Crippen LogP contribution < -0.4 is 0 Å². The van der Waals surface area contributed by atoms with Crippen LogP contribution >= 0.6 is 0 Å². The number of alkyl halides is 1. The molecule has 2 unspecified atom stereocenters. The van der Waals surface area contributed by atoms with E-state index in [2.05, 4.69) is 0 Å². The van der Waals surface area contributed by atoms with Gasteiger partial charge in [0.25, 0.3) is 0 Å². The molecule has 0 aromatic rings. The summed E-state index contributed by atoms with van der Waals surface area (Å²) in [5, 5.41) is 9.05. The number of amides is 1. The number of halogens is 1. The maximum absolute atomic E-state index is 13.0. The van der Waals surface area contributed by atoms with Crippen molar-refractivity contribution in [3.63, 3.8) is 0 Å². The van der Waals surface area contributed by atoms with E-state index in [1.165, 1.54) is 0 Å². The van der Waals surface area contributed by atoms with Gasteiger partial charge in [0.2, 0.25) is 5.91 Å². The number of hydrogen-bond donors (Lipinski definition) is 1. The monoisotopic (exact) mass is 201 g/mol. The van der Waals surface area contributed by atoms with E-state index in [4.69, 9.17) is 5.11 Å². The predicted molar refractivity (Wildman–Crippen MR) is 49.4 cm³/mol. The molecule has 0 radical (unpaired) electrons. The fourth-order valence-electron chi connectivity index (χ4n) is 2.16. The zero-order chi connectivity index (χ0) is 10.3. The second-order valence-corrected chi connectivity index (χ2v) is 4.57. The Hall–Kier alpha value is -0.640. The predicted octanol–water partition coefficient (Wildman–Crippen LogP) is 0.718. The molecule has 1 aliphatic heterocycles. The largest absolute Gasteiger partial charge is 0.394 e. The first-order valence-corrected chi connectivity index (χ1v) is 5.15. The van der Waals surface area contributed by atoms with Crippen molar-refractivity contribution in [2.75, 3.05) is 13.2 Å². The molecule has 0 spiro atoms. The first kappa shape index (κ1) is 9.90. The van der Waals surface area contributed by atoms with Gasteiger partial charge in [0.05, 0.1) is 18.1 Å². The number of aliphatic hydroxyl groups excluding tert-OH is 1. The molecule has 0 bridgehead atoms. The fraction of sp³-hybridized carbons (Fsp3) is 0.900. The Morgan fingerprint density at radius 1 is 1.71 bits per heavy atom. The van der Waals surface area contributed by atoms with Gasteiger partial charge >= 0.3 is 0 Å². The smallest absolute Gasteiger partial charge is 0.231 e. The molecule has 80 valence electrons. The lowest BCUT2D eigenvalue weighted by Gasteiger charge is -2.26. The molecular formula is C10H16FNO2. The minimum atomic E-state index is -0.977. The summed E-state index contributed by atoms with van der Waals surface area (Å²) >= 11 is 0. The average Bonchev–Trinajstić information content (AvgIpc) is 2.67. The van der Waals surface area contributed by atoms with E-state index in [1.54, 1.807) is 11.8 Å². The Morgan fingerprint density at radius 3 is 2.86 bits per heavy atom. The lowest BCUT2D eigenvalue weighted by molar-refractivity contribution is -0.138. The van der Waals surface area contributed by atoms with Crippen molar-refractivity contribution in [3.8, 4) is 0 Å². The van der Waals surface area contributed by atoms with E-state index in [9.17, 15) is 9.18 Å². The maximum Gasteiger partial charge on any atom is 0.231 e. The van der Waals surface area contributed by atoms with Gasteiger partial charge in [0, 0.05) is 6.54 Å². The lowest BCUT2D eigenvalue weighted by Crippen LogP contribution is -2.42. The Labute approximate surface area is 82.9 Å². The van der Waals surface area contributed by atoms with Crippen LogP contribution in [0, 0.1) is 5.41 Å². The molecule has 2 rings (SSSR count). The molecule has 0 aromatic heterocycles. The van der Waals surface area contributed by atoms with Crippen LogP contribution in [0.25, 0.3) is 0 Å². The molecule has 1 saturated carbocycles. The Bertz CT molecular complexity index is 259. The lowest BCUT2D eigenvalue weighted by atomic mass is 10.1. The highest BCUT2D eigenvalue weighted by atomic mass is 19.1. The molecule has 1 aliphatic carbocycles. The van der Waals surface area contributed by atoms with Gasteiger partial charge in [-0.1, -0.05) is 0 Å². The van der Waals surface area contributed by atoms with Crippen molar-refractivity contribution in [1.29, 1.82) is 0 Å². The van der Waals surface area contributed by atoms with Crippen molar-refractivity contribution in [1.82, 2.24) is 4.90 Å². The van der Waals surface area contributed by atoms with Crippen LogP contribution in [0.2, 0.25) is 0 Å². The number of aliphatic hydroxyl groups is 1. The highest BCUT2D eigenvalue weighted by Crippen LogP contribution is 2.50. The number of hydrogen-bond acceptors (Lipinski definition) is 2. The fourth-order valence-corrected chi connectivity index (χ4v) is 2.16. The zero-order valence-corrected chi connectivity index (χ0v) is 8.37. The highest BCUT2D eigenvalue weighted by molar-refractivity contribution is 5.86. The molecule has 14 heavy (non-hydrogen) atoms. The van der Waals surface area contributed by atoms with Crippen LogP contribution in [0.1, 0.15) is 26.2 Å². The van der Waals surface area contributed by atoms with Gasteiger partial charge in [-0.25, -0.2) is 4.39 Å². The summed E-state index contributed by atoms with van der Waals surface area (Å²) in [6, 6.07) is -0.0767. The Kier molecular flexibility index (Phi) is 2.26. The third-order valence-corrected chi connectivity index (χ3v) is 3.47. The van der Waals surface area contributed by atoms with Gasteiger partial charge in [-0.3, -0.25) is 4.79 Å².